The van der Waals surface area contributed by atoms with Gasteiger partial charge in [-0.1, -0.05) is 37.3 Å². The minimum atomic E-state index is 0.681. The predicted molar refractivity (Wildman–Crippen MR) is 77.9 cm³/mol. The quantitative estimate of drug-likeness (QED) is 0.830. The number of benzene rings is 1. The molecule has 0 saturated carbocycles. The Balaban J connectivity index is 1.83. The van der Waals surface area contributed by atoms with Crippen molar-refractivity contribution in [3.05, 3.63) is 35.9 Å². The first kappa shape index (κ1) is 13.6. The maximum absolute atomic E-state index is 3.47. The molecule has 0 aliphatic carbocycles. The van der Waals surface area contributed by atoms with Gasteiger partial charge < -0.3 is 5.32 Å². The average molecular weight is 246 g/mol. The summed E-state index contributed by atoms with van der Waals surface area (Å²) in [4.78, 5) is 2.67. The number of likely N-dealkylation sites (N-methyl/N-ethyl adjacent to an activating group) is 1. The minimum Gasteiger partial charge on any atom is -0.315 e. The molecule has 2 atom stereocenters. The Bertz CT molecular complexity index is 330. The van der Waals surface area contributed by atoms with Gasteiger partial charge in [0.2, 0.25) is 0 Å². The second kappa shape index (κ2) is 6.91. The molecule has 0 amide bonds. The van der Waals surface area contributed by atoms with E-state index in [9.17, 15) is 0 Å². The Morgan fingerprint density at radius 3 is 2.72 bits per heavy atom. The van der Waals surface area contributed by atoms with Crippen molar-refractivity contribution in [2.24, 2.45) is 0 Å². The SMILES string of the molecule is CCN(C(C)CCc1ccccc1)C1CCNC1. The average Bonchev–Trinajstić information content (AvgIpc) is 2.92. The van der Waals surface area contributed by atoms with Gasteiger partial charge in [0.1, 0.15) is 0 Å². The minimum absolute atomic E-state index is 0.681. The van der Waals surface area contributed by atoms with E-state index in [0.717, 1.165) is 6.04 Å². The molecule has 1 aromatic carbocycles. The van der Waals surface area contributed by atoms with Gasteiger partial charge in [0.05, 0.1) is 0 Å². The van der Waals surface area contributed by atoms with Crippen molar-refractivity contribution in [2.75, 3.05) is 19.6 Å². The number of aryl methyl sites for hydroxylation is 1. The van der Waals surface area contributed by atoms with E-state index in [1.807, 2.05) is 0 Å². The second-order valence-corrected chi connectivity index (χ2v) is 5.35. The van der Waals surface area contributed by atoms with Crippen LogP contribution in [0.4, 0.5) is 0 Å². The Labute approximate surface area is 111 Å². The molecule has 0 aromatic heterocycles. The summed E-state index contributed by atoms with van der Waals surface area (Å²) in [7, 11) is 0. The first-order valence-corrected chi connectivity index (χ1v) is 7.31. The van der Waals surface area contributed by atoms with Gasteiger partial charge in [-0.3, -0.25) is 4.90 Å². The van der Waals surface area contributed by atoms with Gasteiger partial charge in [0, 0.05) is 18.6 Å². The Kier molecular flexibility index (Phi) is 5.21. The molecular formula is C16H26N2. The lowest BCUT2D eigenvalue weighted by Crippen LogP contribution is -2.43. The predicted octanol–water partition coefficient (Wildman–Crippen LogP) is 2.69. The molecule has 2 unspecified atom stereocenters. The van der Waals surface area contributed by atoms with Crippen molar-refractivity contribution in [2.45, 2.75) is 45.2 Å². The smallest absolute Gasteiger partial charge is 0.0235 e. The van der Waals surface area contributed by atoms with Gasteiger partial charge >= 0.3 is 0 Å². The summed E-state index contributed by atoms with van der Waals surface area (Å²) in [6.45, 7) is 8.19. The fourth-order valence-corrected chi connectivity index (χ4v) is 3.04. The molecule has 1 aliphatic heterocycles. The maximum atomic E-state index is 3.47. The molecule has 0 radical (unpaired) electrons. The molecule has 0 bridgehead atoms. The van der Waals surface area contributed by atoms with Gasteiger partial charge in [0.15, 0.2) is 0 Å². The zero-order valence-electron chi connectivity index (χ0n) is 11.7. The summed E-state index contributed by atoms with van der Waals surface area (Å²) < 4.78 is 0. The van der Waals surface area contributed by atoms with E-state index in [1.54, 1.807) is 0 Å². The highest BCUT2D eigenvalue weighted by molar-refractivity contribution is 5.14. The molecule has 1 saturated heterocycles. The van der Waals surface area contributed by atoms with Crippen molar-refractivity contribution in [3.8, 4) is 0 Å². The third-order valence-corrected chi connectivity index (χ3v) is 4.13. The van der Waals surface area contributed by atoms with Crippen LogP contribution in [-0.2, 0) is 6.42 Å². The zero-order valence-corrected chi connectivity index (χ0v) is 11.7. The molecule has 100 valence electrons. The monoisotopic (exact) mass is 246 g/mol. The molecule has 1 aromatic rings. The molecule has 1 N–H and O–H groups in total. The summed E-state index contributed by atoms with van der Waals surface area (Å²) >= 11 is 0. The van der Waals surface area contributed by atoms with Gasteiger partial charge in [0.25, 0.3) is 0 Å². The molecule has 0 spiro atoms. The maximum Gasteiger partial charge on any atom is 0.0235 e. The van der Waals surface area contributed by atoms with E-state index in [1.165, 1.54) is 44.5 Å². The van der Waals surface area contributed by atoms with Crippen LogP contribution in [0.2, 0.25) is 0 Å². The van der Waals surface area contributed by atoms with Crippen molar-refractivity contribution in [3.63, 3.8) is 0 Å². The normalized spacial score (nSPS) is 21.4. The molecule has 1 aliphatic rings. The highest BCUT2D eigenvalue weighted by Crippen LogP contribution is 2.16. The van der Waals surface area contributed by atoms with E-state index < -0.39 is 0 Å². The summed E-state index contributed by atoms with van der Waals surface area (Å²) in [5.41, 5.74) is 1.46. The molecular weight excluding hydrogens is 220 g/mol. The van der Waals surface area contributed by atoms with E-state index >= 15 is 0 Å². The van der Waals surface area contributed by atoms with Crippen molar-refractivity contribution in [1.29, 1.82) is 0 Å². The molecule has 1 fully saturated rings. The van der Waals surface area contributed by atoms with Crippen LogP contribution in [0.3, 0.4) is 0 Å². The third-order valence-electron chi connectivity index (χ3n) is 4.13. The zero-order chi connectivity index (χ0) is 12.8. The van der Waals surface area contributed by atoms with Gasteiger partial charge in [-0.15, -0.1) is 0 Å². The van der Waals surface area contributed by atoms with Crippen LogP contribution in [-0.4, -0.2) is 36.6 Å². The fourth-order valence-electron chi connectivity index (χ4n) is 3.04. The lowest BCUT2D eigenvalue weighted by molar-refractivity contribution is 0.155. The van der Waals surface area contributed by atoms with Gasteiger partial charge in [-0.2, -0.15) is 0 Å². The highest BCUT2D eigenvalue weighted by Gasteiger charge is 2.24. The first-order valence-electron chi connectivity index (χ1n) is 7.31. The van der Waals surface area contributed by atoms with Crippen LogP contribution in [0.15, 0.2) is 30.3 Å². The lowest BCUT2D eigenvalue weighted by Gasteiger charge is -2.33. The largest absolute Gasteiger partial charge is 0.315 e. The molecule has 18 heavy (non-hydrogen) atoms. The van der Waals surface area contributed by atoms with E-state index in [0.29, 0.717) is 6.04 Å². The Morgan fingerprint density at radius 1 is 1.33 bits per heavy atom. The van der Waals surface area contributed by atoms with Crippen LogP contribution in [0, 0.1) is 0 Å². The molecule has 2 nitrogen and oxygen atoms in total. The number of nitrogens with zero attached hydrogens (tertiary/aromatic N) is 1. The van der Waals surface area contributed by atoms with Crippen LogP contribution in [0.1, 0.15) is 32.3 Å². The molecule has 2 heteroatoms. The number of hydrogen-bond donors (Lipinski definition) is 1. The van der Waals surface area contributed by atoms with Gasteiger partial charge in [-0.25, -0.2) is 0 Å². The van der Waals surface area contributed by atoms with Crippen LogP contribution in [0.5, 0.6) is 0 Å². The summed E-state index contributed by atoms with van der Waals surface area (Å²) in [5.74, 6) is 0. The van der Waals surface area contributed by atoms with Crippen molar-refractivity contribution in [1.82, 2.24) is 10.2 Å². The second-order valence-electron chi connectivity index (χ2n) is 5.35. The molecule has 2 rings (SSSR count). The van der Waals surface area contributed by atoms with Crippen LogP contribution >= 0.6 is 0 Å². The highest BCUT2D eigenvalue weighted by atomic mass is 15.2. The van der Waals surface area contributed by atoms with Crippen molar-refractivity contribution >= 4 is 0 Å². The van der Waals surface area contributed by atoms with E-state index in [4.69, 9.17) is 0 Å². The number of rotatable bonds is 6. The van der Waals surface area contributed by atoms with Crippen LogP contribution < -0.4 is 5.32 Å². The van der Waals surface area contributed by atoms with Gasteiger partial charge in [-0.05, 0) is 44.8 Å². The third kappa shape index (κ3) is 3.56. The standard InChI is InChI=1S/C16H26N2/c1-3-18(16-11-12-17-13-16)14(2)9-10-15-7-5-4-6-8-15/h4-8,14,16-17H,3,9-13H2,1-2H3. The fraction of sp³-hybridized carbons (Fsp3) is 0.625. The summed E-state index contributed by atoms with van der Waals surface area (Å²) in [5, 5.41) is 3.47. The lowest BCUT2D eigenvalue weighted by atomic mass is 10.0. The number of hydrogen-bond acceptors (Lipinski definition) is 2. The number of nitrogens with one attached hydrogen (secondary N) is 1. The van der Waals surface area contributed by atoms with E-state index in [2.05, 4.69) is 54.4 Å². The first-order chi connectivity index (χ1) is 8.81. The van der Waals surface area contributed by atoms with Crippen LogP contribution in [0.25, 0.3) is 0 Å². The Morgan fingerprint density at radius 2 is 2.11 bits per heavy atom. The Hall–Kier alpha value is -0.860. The topological polar surface area (TPSA) is 15.3 Å². The van der Waals surface area contributed by atoms with E-state index in [-0.39, 0.29) is 0 Å². The van der Waals surface area contributed by atoms with Crippen molar-refractivity contribution < 1.29 is 0 Å². The molecule has 1 heterocycles. The summed E-state index contributed by atoms with van der Waals surface area (Å²) in [6, 6.07) is 12.3. The summed E-state index contributed by atoms with van der Waals surface area (Å²) in [6.07, 6.45) is 3.76.